The van der Waals surface area contributed by atoms with Crippen molar-refractivity contribution in [2.24, 2.45) is 0 Å². The summed E-state index contributed by atoms with van der Waals surface area (Å²) in [6.07, 6.45) is 1.47. The van der Waals surface area contributed by atoms with Crippen LogP contribution in [-0.2, 0) is 4.79 Å². The van der Waals surface area contributed by atoms with Gasteiger partial charge in [-0.05, 0) is 6.07 Å². The van der Waals surface area contributed by atoms with Gasteiger partial charge in [-0.15, -0.1) is 0 Å². The lowest BCUT2D eigenvalue weighted by Crippen LogP contribution is -2.26. The zero-order valence-corrected chi connectivity index (χ0v) is 11.9. The molecule has 0 unspecified atom stereocenters. The van der Waals surface area contributed by atoms with E-state index in [9.17, 15) is 13.6 Å². The number of hydrogen-bond donors (Lipinski definition) is 1. The van der Waals surface area contributed by atoms with Crippen molar-refractivity contribution < 1.29 is 18.7 Å². The SMILES string of the molecule is CN(C)c1cnc(N(C)CC(=O)O)c2c(F)cc(F)cc12. The van der Waals surface area contributed by atoms with E-state index in [1.807, 2.05) is 0 Å². The molecule has 0 amide bonds. The summed E-state index contributed by atoms with van der Waals surface area (Å²) in [6, 6.07) is 1.98. The molecule has 0 atom stereocenters. The van der Waals surface area contributed by atoms with Gasteiger partial charge in [0.05, 0.1) is 17.3 Å². The van der Waals surface area contributed by atoms with Crippen LogP contribution in [0.25, 0.3) is 10.8 Å². The average molecular weight is 295 g/mol. The summed E-state index contributed by atoms with van der Waals surface area (Å²) < 4.78 is 27.7. The first-order valence-corrected chi connectivity index (χ1v) is 6.19. The number of fused-ring (bicyclic) bond motifs is 1. The zero-order chi connectivity index (χ0) is 15.7. The van der Waals surface area contributed by atoms with Crippen LogP contribution in [0.15, 0.2) is 18.3 Å². The summed E-state index contributed by atoms with van der Waals surface area (Å²) in [5.41, 5.74) is 0.552. The lowest BCUT2D eigenvalue weighted by Gasteiger charge is -2.21. The number of aromatic nitrogens is 1. The largest absolute Gasteiger partial charge is 0.480 e. The second-order valence-corrected chi connectivity index (χ2v) is 4.92. The maximum Gasteiger partial charge on any atom is 0.323 e. The Labute approximate surface area is 120 Å². The van der Waals surface area contributed by atoms with Crippen molar-refractivity contribution in [1.29, 1.82) is 0 Å². The molecule has 5 nitrogen and oxygen atoms in total. The average Bonchev–Trinajstić information content (AvgIpc) is 2.35. The molecule has 1 aromatic heterocycles. The molecule has 0 fully saturated rings. The third-order valence-corrected chi connectivity index (χ3v) is 3.08. The van der Waals surface area contributed by atoms with Crippen LogP contribution in [0.3, 0.4) is 0 Å². The number of hydrogen-bond acceptors (Lipinski definition) is 4. The Morgan fingerprint density at radius 3 is 2.52 bits per heavy atom. The van der Waals surface area contributed by atoms with E-state index >= 15 is 0 Å². The minimum Gasteiger partial charge on any atom is -0.480 e. The normalized spacial score (nSPS) is 10.7. The minimum absolute atomic E-state index is 0.103. The van der Waals surface area contributed by atoms with Gasteiger partial charge in [0.2, 0.25) is 0 Å². The Balaban J connectivity index is 2.74. The number of carboxylic acids is 1. The van der Waals surface area contributed by atoms with E-state index in [2.05, 4.69) is 4.98 Å². The number of carboxylic acid groups (broad SMARTS) is 1. The maximum atomic E-state index is 14.2. The fraction of sp³-hybridized carbons (Fsp3) is 0.286. The Bertz CT molecular complexity index is 704. The summed E-state index contributed by atoms with van der Waals surface area (Å²) in [6.45, 7) is -0.333. The van der Waals surface area contributed by atoms with Crippen LogP contribution >= 0.6 is 0 Å². The van der Waals surface area contributed by atoms with Crippen molar-refractivity contribution in [2.75, 3.05) is 37.5 Å². The molecule has 7 heteroatoms. The number of aliphatic carboxylic acids is 1. The summed E-state index contributed by atoms with van der Waals surface area (Å²) in [5, 5.41) is 9.29. The fourth-order valence-corrected chi connectivity index (χ4v) is 2.18. The van der Waals surface area contributed by atoms with Crippen molar-refractivity contribution >= 4 is 28.2 Å². The molecule has 0 saturated carbocycles. The number of anilines is 2. The number of nitrogens with zero attached hydrogens (tertiary/aromatic N) is 3. The number of carbonyl (C=O) groups is 1. The number of pyridine rings is 1. The van der Waals surface area contributed by atoms with Gasteiger partial charge < -0.3 is 14.9 Å². The van der Waals surface area contributed by atoms with Crippen molar-refractivity contribution in [1.82, 2.24) is 4.98 Å². The highest BCUT2D eigenvalue weighted by molar-refractivity contribution is 6.01. The van der Waals surface area contributed by atoms with Gasteiger partial charge in [-0.2, -0.15) is 0 Å². The molecular weight excluding hydrogens is 280 g/mol. The first-order chi connectivity index (χ1) is 9.81. The molecule has 2 rings (SSSR count). The third kappa shape index (κ3) is 2.86. The van der Waals surface area contributed by atoms with Crippen LogP contribution in [0, 0.1) is 11.6 Å². The van der Waals surface area contributed by atoms with Crippen LogP contribution in [0.5, 0.6) is 0 Å². The monoisotopic (exact) mass is 295 g/mol. The predicted molar refractivity (Wildman–Crippen MR) is 76.9 cm³/mol. The minimum atomic E-state index is -1.06. The van der Waals surface area contributed by atoms with Crippen LogP contribution in [0.1, 0.15) is 0 Å². The lowest BCUT2D eigenvalue weighted by molar-refractivity contribution is -0.135. The second-order valence-electron chi connectivity index (χ2n) is 4.92. The molecule has 1 heterocycles. The van der Waals surface area contributed by atoms with E-state index in [4.69, 9.17) is 5.11 Å². The Morgan fingerprint density at radius 2 is 1.95 bits per heavy atom. The molecule has 112 valence electrons. The fourth-order valence-electron chi connectivity index (χ4n) is 2.18. The molecule has 0 aliphatic rings. The smallest absolute Gasteiger partial charge is 0.323 e. The molecule has 0 saturated heterocycles. The zero-order valence-electron chi connectivity index (χ0n) is 11.9. The number of rotatable bonds is 4. The first-order valence-electron chi connectivity index (χ1n) is 6.19. The van der Waals surface area contributed by atoms with E-state index in [0.29, 0.717) is 11.1 Å². The van der Waals surface area contributed by atoms with E-state index < -0.39 is 17.6 Å². The molecule has 1 aromatic carbocycles. The second kappa shape index (κ2) is 5.51. The van der Waals surface area contributed by atoms with E-state index in [0.717, 1.165) is 6.07 Å². The first kappa shape index (κ1) is 15.0. The third-order valence-electron chi connectivity index (χ3n) is 3.08. The van der Waals surface area contributed by atoms with Gasteiger partial charge in [0.25, 0.3) is 0 Å². The van der Waals surface area contributed by atoms with E-state index in [-0.39, 0.29) is 17.7 Å². The van der Waals surface area contributed by atoms with Gasteiger partial charge in [0, 0.05) is 32.6 Å². The van der Waals surface area contributed by atoms with Crippen molar-refractivity contribution in [3.63, 3.8) is 0 Å². The highest BCUT2D eigenvalue weighted by Crippen LogP contribution is 2.33. The molecule has 0 bridgehead atoms. The maximum absolute atomic E-state index is 14.2. The van der Waals surface area contributed by atoms with Crippen LogP contribution < -0.4 is 9.80 Å². The Morgan fingerprint density at radius 1 is 1.29 bits per heavy atom. The lowest BCUT2D eigenvalue weighted by atomic mass is 10.1. The quantitative estimate of drug-likeness (QED) is 0.936. The highest BCUT2D eigenvalue weighted by Gasteiger charge is 2.18. The summed E-state index contributed by atoms with van der Waals surface area (Å²) in [4.78, 5) is 17.9. The number of likely N-dealkylation sites (N-methyl/N-ethyl adjacent to an activating group) is 1. The molecular formula is C14H15F2N3O2. The van der Waals surface area contributed by atoms with Gasteiger partial charge in [-0.3, -0.25) is 4.79 Å². The summed E-state index contributed by atoms with van der Waals surface area (Å²) in [5.74, 6) is -2.36. The molecule has 1 N–H and O–H groups in total. The van der Waals surface area contributed by atoms with Crippen molar-refractivity contribution in [2.45, 2.75) is 0 Å². The molecule has 0 spiro atoms. The van der Waals surface area contributed by atoms with Crippen LogP contribution in [0.2, 0.25) is 0 Å². The molecule has 0 aliphatic heterocycles. The number of benzene rings is 1. The summed E-state index contributed by atoms with van der Waals surface area (Å²) in [7, 11) is 4.97. The van der Waals surface area contributed by atoms with Gasteiger partial charge in [0.15, 0.2) is 0 Å². The van der Waals surface area contributed by atoms with Crippen LogP contribution in [0.4, 0.5) is 20.3 Å². The van der Waals surface area contributed by atoms with Gasteiger partial charge in [-0.25, -0.2) is 13.8 Å². The molecule has 2 aromatic rings. The molecule has 0 aliphatic carbocycles. The highest BCUT2D eigenvalue weighted by atomic mass is 19.1. The van der Waals surface area contributed by atoms with Gasteiger partial charge in [0.1, 0.15) is 24.0 Å². The Kier molecular flexibility index (Phi) is 3.93. The molecule has 0 radical (unpaired) electrons. The summed E-state index contributed by atoms with van der Waals surface area (Å²) >= 11 is 0. The van der Waals surface area contributed by atoms with E-state index in [1.165, 1.54) is 24.2 Å². The number of halogens is 2. The van der Waals surface area contributed by atoms with Gasteiger partial charge in [-0.1, -0.05) is 0 Å². The van der Waals surface area contributed by atoms with Crippen LogP contribution in [-0.4, -0.2) is 43.7 Å². The topological polar surface area (TPSA) is 56.7 Å². The van der Waals surface area contributed by atoms with Gasteiger partial charge >= 0.3 is 5.97 Å². The van der Waals surface area contributed by atoms with Crippen molar-refractivity contribution in [3.05, 3.63) is 30.0 Å². The molecule has 21 heavy (non-hydrogen) atoms. The van der Waals surface area contributed by atoms with E-state index in [1.54, 1.807) is 19.0 Å². The van der Waals surface area contributed by atoms with Crippen molar-refractivity contribution in [3.8, 4) is 0 Å². The standard InChI is InChI=1S/C14H15F2N3O2/c1-18(2)11-6-17-14(19(3)7-12(20)21)13-9(11)4-8(15)5-10(13)16/h4-6H,7H2,1-3H3,(H,20,21). The predicted octanol–water partition coefficient (Wildman–Crippen LogP) is 2.10. The Hall–Kier alpha value is -2.44.